The van der Waals surface area contributed by atoms with Gasteiger partial charge in [-0.2, -0.15) is 0 Å². The highest BCUT2D eigenvalue weighted by Crippen LogP contribution is 2.40. The normalized spacial score (nSPS) is 20.0. The van der Waals surface area contributed by atoms with Gasteiger partial charge in [-0.1, -0.05) is 66.7 Å². The quantitative estimate of drug-likeness (QED) is 0.156. The van der Waals surface area contributed by atoms with Crippen LogP contribution in [0.15, 0.2) is 0 Å². The Morgan fingerprint density at radius 1 is 0.860 bits per heavy atom. The maximum atomic E-state index is 14.0. The highest BCUT2D eigenvalue weighted by molar-refractivity contribution is 6.37. The molecule has 3 rings (SSSR count). The summed E-state index contributed by atoms with van der Waals surface area (Å²) in [5.41, 5.74) is 3.97. The SMILES string of the molecule is CC(C)(C)C.CC(C)(C)O.CC(C)(C)OC(=O)CNC(=O)NC(C(=O)N1CCCC1C(=O)NC(CC1CC1)C(=O)C(N)=O)C1(C)CCCCC1. The van der Waals surface area contributed by atoms with Gasteiger partial charge in [0.05, 0.1) is 11.6 Å². The molecule has 0 aromatic carbocycles. The molecule has 288 valence electrons. The molecule has 0 bridgehead atoms. The molecular weight excluding hydrogens is 642 g/mol. The topological polar surface area (TPSA) is 197 Å². The van der Waals surface area contributed by atoms with Crippen molar-refractivity contribution in [1.82, 2.24) is 20.9 Å². The number of hydrogen-bond donors (Lipinski definition) is 5. The van der Waals surface area contributed by atoms with E-state index in [0.29, 0.717) is 31.2 Å². The summed E-state index contributed by atoms with van der Waals surface area (Å²) in [7, 11) is 0. The van der Waals surface area contributed by atoms with Gasteiger partial charge in [0.25, 0.3) is 5.91 Å². The van der Waals surface area contributed by atoms with Gasteiger partial charge in [-0.3, -0.25) is 24.0 Å². The van der Waals surface area contributed by atoms with Crippen LogP contribution in [0.3, 0.4) is 0 Å². The largest absolute Gasteiger partial charge is 0.459 e. The summed E-state index contributed by atoms with van der Waals surface area (Å²) in [5.74, 6) is -3.17. The lowest BCUT2D eigenvalue weighted by Gasteiger charge is -2.42. The third kappa shape index (κ3) is 18.7. The number of ketones is 1. The van der Waals surface area contributed by atoms with Gasteiger partial charge in [0.2, 0.25) is 17.6 Å². The molecule has 0 spiro atoms. The average molecular weight is 710 g/mol. The van der Waals surface area contributed by atoms with Crippen molar-refractivity contribution in [3.63, 3.8) is 0 Å². The first-order valence-electron chi connectivity index (χ1n) is 18.1. The van der Waals surface area contributed by atoms with E-state index in [2.05, 4.69) is 43.6 Å². The Hall–Kier alpha value is -3.22. The Bertz CT molecular complexity index is 1150. The molecule has 3 unspecified atom stereocenters. The second kappa shape index (κ2) is 18.9. The molecule has 0 aromatic rings. The molecule has 5 amide bonds. The summed E-state index contributed by atoms with van der Waals surface area (Å²) in [6.45, 7) is 21.1. The van der Waals surface area contributed by atoms with Gasteiger partial charge in [0, 0.05) is 6.54 Å². The fraction of sp³-hybridized carbons (Fsp3) is 0.838. The van der Waals surface area contributed by atoms with Gasteiger partial charge in [-0.15, -0.1) is 0 Å². The minimum atomic E-state index is -1.10. The molecule has 13 nitrogen and oxygen atoms in total. The van der Waals surface area contributed by atoms with Crippen LogP contribution >= 0.6 is 0 Å². The van der Waals surface area contributed by atoms with Crippen molar-refractivity contribution in [2.45, 2.75) is 170 Å². The zero-order valence-corrected chi connectivity index (χ0v) is 32.6. The first-order chi connectivity index (χ1) is 22.7. The van der Waals surface area contributed by atoms with Crippen molar-refractivity contribution in [1.29, 1.82) is 0 Å². The molecule has 13 heteroatoms. The van der Waals surface area contributed by atoms with E-state index in [4.69, 9.17) is 15.6 Å². The Balaban J connectivity index is 0.00000109. The van der Waals surface area contributed by atoms with Crippen LogP contribution in [-0.4, -0.2) is 87.9 Å². The number of hydrogen-bond acceptors (Lipinski definition) is 8. The van der Waals surface area contributed by atoms with E-state index in [1.165, 1.54) is 4.90 Å². The Kier molecular flexibility index (Phi) is 16.9. The molecule has 3 atom stereocenters. The number of amides is 5. The second-order valence-electron chi connectivity index (χ2n) is 17.9. The molecule has 2 aliphatic carbocycles. The van der Waals surface area contributed by atoms with Crippen LogP contribution in [0.4, 0.5) is 4.79 Å². The predicted molar refractivity (Wildman–Crippen MR) is 193 cm³/mol. The Morgan fingerprint density at radius 3 is 1.84 bits per heavy atom. The van der Waals surface area contributed by atoms with Crippen LogP contribution in [-0.2, 0) is 28.7 Å². The number of carbonyl (C=O) groups excluding carboxylic acids is 6. The predicted octanol–water partition coefficient (Wildman–Crippen LogP) is 4.13. The van der Waals surface area contributed by atoms with Crippen LogP contribution in [0.2, 0.25) is 0 Å². The van der Waals surface area contributed by atoms with Gasteiger partial charge in [-0.05, 0) is 90.4 Å². The van der Waals surface area contributed by atoms with Gasteiger partial charge >= 0.3 is 12.0 Å². The van der Waals surface area contributed by atoms with Gasteiger partial charge in [0.1, 0.15) is 24.2 Å². The molecular formula is C37H67N5O8. The molecule has 2 saturated carbocycles. The van der Waals surface area contributed by atoms with Gasteiger partial charge in [0.15, 0.2) is 0 Å². The van der Waals surface area contributed by atoms with Crippen molar-refractivity contribution in [2.24, 2.45) is 22.5 Å². The van der Waals surface area contributed by atoms with Crippen molar-refractivity contribution in [2.75, 3.05) is 13.1 Å². The number of urea groups is 1. The summed E-state index contributed by atoms with van der Waals surface area (Å²) in [6.07, 6.45) is 7.45. The number of carbonyl (C=O) groups is 6. The molecule has 50 heavy (non-hydrogen) atoms. The maximum Gasteiger partial charge on any atom is 0.325 e. The highest BCUT2D eigenvalue weighted by atomic mass is 16.6. The molecule has 1 saturated heterocycles. The lowest BCUT2D eigenvalue weighted by atomic mass is 9.70. The fourth-order valence-electron chi connectivity index (χ4n) is 5.72. The van der Waals surface area contributed by atoms with E-state index in [9.17, 15) is 28.8 Å². The number of nitrogens with zero attached hydrogens (tertiary/aromatic N) is 1. The van der Waals surface area contributed by atoms with Gasteiger partial charge in [-0.25, -0.2) is 4.79 Å². The van der Waals surface area contributed by atoms with Crippen molar-refractivity contribution in [3.05, 3.63) is 0 Å². The zero-order valence-electron chi connectivity index (χ0n) is 32.6. The first-order valence-corrected chi connectivity index (χ1v) is 18.1. The van der Waals surface area contributed by atoms with E-state index in [1.807, 2.05) is 6.92 Å². The summed E-state index contributed by atoms with van der Waals surface area (Å²) < 4.78 is 5.24. The number of nitrogens with one attached hydrogen (secondary N) is 3. The van der Waals surface area contributed by atoms with Crippen LogP contribution in [0.25, 0.3) is 0 Å². The monoisotopic (exact) mass is 709 g/mol. The highest BCUT2D eigenvalue weighted by Gasteiger charge is 2.46. The number of nitrogens with two attached hydrogens (primary N) is 1. The summed E-state index contributed by atoms with van der Waals surface area (Å²) in [5, 5.41) is 16.5. The minimum Gasteiger partial charge on any atom is -0.459 e. The number of primary amides is 1. The van der Waals surface area contributed by atoms with E-state index in [1.54, 1.807) is 41.5 Å². The van der Waals surface area contributed by atoms with Crippen LogP contribution in [0.5, 0.6) is 0 Å². The number of aliphatic hydroxyl groups is 1. The summed E-state index contributed by atoms with van der Waals surface area (Å²) >= 11 is 0. The lowest BCUT2D eigenvalue weighted by Crippen LogP contribution is -2.61. The minimum absolute atomic E-state index is 0.258. The first kappa shape index (κ1) is 44.8. The van der Waals surface area contributed by atoms with E-state index in [-0.39, 0.29) is 18.4 Å². The van der Waals surface area contributed by atoms with Crippen molar-refractivity contribution < 1.29 is 38.6 Å². The standard InChI is InChI=1S/C28H45N5O7.C5H12.C4H10O/c1-27(2,3)40-20(34)16-30-26(39)32-22(28(4)12-6-5-7-13-28)25(38)33-14-8-9-19(33)24(37)31-18(15-17-10-11-17)21(35)23(29)36;1-5(2,3)4;1-4(2,3)5/h17-19,22H,5-16H2,1-4H3,(H2,29,36)(H,31,37)(H2,30,32,39);1-4H3;5H,1-3H3. The fourth-order valence-corrected chi connectivity index (χ4v) is 5.72. The van der Waals surface area contributed by atoms with Crippen LogP contribution in [0.1, 0.15) is 140 Å². The number of esters is 1. The third-order valence-electron chi connectivity index (χ3n) is 8.01. The lowest BCUT2D eigenvalue weighted by molar-refractivity contribution is -0.153. The van der Waals surface area contributed by atoms with E-state index in [0.717, 1.165) is 44.9 Å². The molecule has 0 aromatic heterocycles. The van der Waals surface area contributed by atoms with E-state index >= 15 is 0 Å². The number of Topliss-reactive ketones (excluding diaryl/α,β-unsaturated/α-hetero) is 1. The zero-order chi connectivity index (χ0) is 38.7. The number of rotatable bonds is 11. The molecule has 6 N–H and O–H groups in total. The van der Waals surface area contributed by atoms with E-state index < -0.39 is 64.3 Å². The third-order valence-corrected chi connectivity index (χ3v) is 8.01. The van der Waals surface area contributed by atoms with Crippen LogP contribution < -0.4 is 21.7 Å². The Morgan fingerprint density at radius 2 is 1.38 bits per heavy atom. The summed E-state index contributed by atoms with van der Waals surface area (Å²) in [6, 6.07) is -3.45. The van der Waals surface area contributed by atoms with Crippen molar-refractivity contribution >= 4 is 35.5 Å². The molecule has 1 heterocycles. The molecule has 1 aliphatic heterocycles. The maximum absolute atomic E-state index is 14.0. The van der Waals surface area contributed by atoms with Crippen molar-refractivity contribution in [3.8, 4) is 0 Å². The second-order valence-corrected chi connectivity index (χ2v) is 17.9. The average Bonchev–Trinajstić information content (AvgIpc) is 3.62. The van der Waals surface area contributed by atoms with Crippen LogP contribution in [0, 0.1) is 16.7 Å². The molecule has 3 aliphatic rings. The Labute approximate surface area is 299 Å². The smallest absolute Gasteiger partial charge is 0.325 e. The summed E-state index contributed by atoms with van der Waals surface area (Å²) in [4.78, 5) is 77.7. The molecule has 3 fully saturated rings. The molecule has 0 radical (unpaired) electrons. The van der Waals surface area contributed by atoms with Gasteiger partial charge < -0.3 is 36.4 Å². The number of likely N-dealkylation sites (tertiary alicyclic amines) is 1. The number of ether oxygens (including phenoxy) is 1.